The van der Waals surface area contributed by atoms with Crippen LogP contribution in [0.5, 0.6) is 0 Å². The summed E-state index contributed by atoms with van der Waals surface area (Å²) >= 11 is 0. The molecule has 0 radical (unpaired) electrons. The van der Waals surface area contributed by atoms with Crippen LogP contribution in [0, 0.1) is 0 Å². The van der Waals surface area contributed by atoms with Gasteiger partial charge in [0.15, 0.2) is 0 Å². The fraction of sp³-hybridized carbons (Fsp3) is 0.429. The normalized spacial score (nSPS) is 18.0. The maximum absolute atomic E-state index is 13.2. The van der Waals surface area contributed by atoms with Crippen molar-refractivity contribution in [3.63, 3.8) is 0 Å². The summed E-state index contributed by atoms with van der Waals surface area (Å²) in [6.45, 7) is 4.27. The number of rotatable bonds is 8. The first-order valence-electron chi connectivity index (χ1n) is 13.3. The number of nitrogens with one attached hydrogen (secondary N) is 2. The Balaban J connectivity index is 1.31. The van der Waals surface area contributed by atoms with E-state index in [2.05, 4.69) is 10.6 Å². The quantitative estimate of drug-likeness (QED) is 0.465. The zero-order chi connectivity index (χ0) is 29.6. The van der Waals surface area contributed by atoms with Crippen LogP contribution >= 0.6 is 0 Å². The molecule has 0 unspecified atom stereocenters. The van der Waals surface area contributed by atoms with Crippen molar-refractivity contribution in [3.05, 3.63) is 59.7 Å². The molecule has 10 nitrogen and oxygen atoms in total. The highest BCUT2D eigenvalue weighted by atomic mass is 19.4. The van der Waals surface area contributed by atoms with E-state index >= 15 is 0 Å². The van der Waals surface area contributed by atoms with Gasteiger partial charge >= 0.3 is 12.1 Å². The van der Waals surface area contributed by atoms with Crippen molar-refractivity contribution in [2.45, 2.75) is 25.6 Å². The average Bonchev–Trinajstić information content (AvgIpc) is 2.94. The smallest absolute Gasteiger partial charge is 0.416 e. The Kier molecular flexibility index (Phi) is 9.48. The number of anilines is 2. The van der Waals surface area contributed by atoms with Crippen LogP contribution in [-0.2, 0) is 25.3 Å². The Morgan fingerprint density at radius 1 is 1.02 bits per heavy atom. The average molecular weight is 576 g/mol. The number of carbonyl (C=O) groups is 4. The summed E-state index contributed by atoms with van der Waals surface area (Å²) in [5.41, 5.74) is 0.527. The van der Waals surface area contributed by atoms with E-state index in [9.17, 15) is 32.3 Å². The molecule has 13 heteroatoms. The molecule has 0 bridgehead atoms. The summed E-state index contributed by atoms with van der Waals surface area (Å²) in [7, 11) is 0. The van der Waals surface area contributed by atoms with E-state index < -0.39 is 35.6 Å². The van der Waals surface area contributed by atoms with Crippen molar-refractivity contribution < 1.29 is 37.1 Å². The number of ether oxygens (including phenoxy) is 1. The van der Waals surface area contributed by atoms with E-state index in [0.717, 1.165) is 12.1 Å². The van der Waals surface area contributed by atoms with Crippen LogP contribution in [0.1, 0.15) is 29.3 Å². The zero-order valence-electron chi connectivity index (χ0n) is 22.6. The monoisotopic (exact) mass is 575 g/mol. The summed E-state index contributed by atoms with van der Waals surface area (Å²) in [6, 6.07) is 10.3. The summed E-state index contributed by atoms with van der Waals surface area (Å²) in [6.07, 6.45) is -4.67. The van der Waals surface area contributed by atoms with Crippen molar-refractivity contribution in [2.24, 2.45) is 0 Å². The van der Waals surface area contributed by atoms with Gasteiger partial charge in [-0.2, -0.15) is 13.2 Å². The molecule has 3 amide bonds. The minimum Gasteiger partial charge on any atom is -0.462 e. The van der Waals surface area contributed by atoms with Crippen LogP contribution in [-0.4, -0.2) is 92.0 Å². The largest absolute Gasteiger partial charge is 0.462 e. The fourth-order valence-corrected chi connectivity index (χ4v) is 4.83. The number of alkyl halides is 3. The van der Waals surface area contributed by atoms with Gasteiger partial charge in [0.2, 0.25) is 17.7 Å². The second kappa shape index (κ2) is 13.0. The molecule has 2 aliphatic rings. The highest BCUT2D eigenvalue weighted by molar-refractivity contribution is 5.98. The summed E-state index contributed by atoms with van der Waals surface area (Å²) < 4.78 is 44.2. The second-order valence-corrected chi connectivity index (χ2v) is 9.76. The Labute approximate surface area is 235 Å². The molecule has 2 heterocycles. The van der Waals surface area contributed by atoms with E-state index in [1.165, 1.54) is 23.1 Å². The Morgan fingerprint density at radius 2 is 1.73 bits per heavy atom. The van der Waals surface area contributed by atoms with E-state index in [4.69, 9.17) is 4.74 Å². The number of hydrogen-bond donors (Lipinski definition) is 2. The van der Waals surface area contributed by atoms with E-state index in [1.807, 2.05) is 9.80 Å². The molecule has 0 saturated carbocycles. The van der Waals surface area contributed by atoms with Crippen LogP contribution < -0.4 is 15.5 Å². The first-order valence-corrected chi connectivity index (χ1v) is 13.3. The number of halogens is 3. The van der Waals surface area contributed by atoms with Gasteiger partial charge in [-0.1, -0.05) is 6.07 Å². The molecule has 4 rings (SSSR count). The van der Waals surface area contributed by atoms with Gasteiger partial charge in [0.05, 0.1) is 30.7 Å². The molecule has 1 atom stereocenters. The Morgan fingerprint density at radius 3 is 2.39 bits per heavy atom. The highest BCUT2D eigenvalue weighted by Crippen LogP contribution is 2.32. The fourth-order valence-electron chi connectivity index (χ4n) is 4.83. The summed E-state index contributed by atoms with van der Waals surface area (Å²) in [4.78, 5) is 55.6. The number of hydrogen-bond acceptors (Lipinski definition) is 7. The summed E-state index contributed by atoms with van der Waals surface area (Å²) in [5, 5.41) is 5.38. The first kappa shape index (κ1) is 29.8. The van der Waals surface area contributed by atoms with Crippen molar-refractivity contribution >= 4 is 35.1 Å². The number of nitrogens with zero attached hydrogens (tertiary/aromatic N) is 3. The Hall–Kier alpha value is -4.13. The molecule has 2 N–H and O–H groups in total. The molecular formula is C28H32F3N5O5. The lowest BCUT2D eigenvalue weighted by molar-refractivity contribution is -0.145. The SMILES string of the molecule is CCOC(=O)c1ccc(NC(=O)C[C@@H]2C(=O)NCCN2C(=O)CN2CCN(c3cccc(C(F)(F)F)c3)CC2)cc1. The van der Waals surface area contributed by atoms with Crippen molar-refractivity contribution in [2.75, 3.05) is 62.6 Å². The van der Waals surface area contributed by atoms with Crippen LogP contribution in [0.15, 0.2) is 48.5 Å². The topological polar surface area (TPSA) is 111 Å². The highest BCUT2D eigenvalue weighted by Gasteiger charge is 2.36. The van der Waals surface area contributed by atoms with Gasteiger partial charge in [-0.15, -0.1) is 0 Å². The number of amides is 3. The maximum atomic E-state index is 13.2. The van der Waals surface area contributed by atoms with Gasteiger partial charge in [0.25, 0.3) is 0 Å². The third-order valence-electron chi connectivity index (χ3n) is 6.98. The molecule has 2 fully saturated rings. The summed E-state index contributed by atoms with van der Waals surface area (Å²) in [5.74, 6) is -1.67. The van der Waals surface area contributed by atoms with Crippen molar-refractivity contribution in [1.82, 2.24) is 15.1 Å². The van der Waals surface area contributed by atoms with E-state index in [0.29, 0.717) is 43.1 Å². The van der Waals surface area contributed by atoms with Crippen molar-refractivity contribution in [1.29, 1.82) is 0 Å². The number of esters is 1. The maximum Gasteiger partial charge on any atom is 0.416 e. The van der Waals surface area contributed by atoms with E-state index in [-0.39, 0.29) is 38.6 Å². The lowest BCUT2D eigenvalue weighted by Gasteiger charge is -2.39. The molecule has 0 aromatic heterocycles. The number of carbonyl (C=O) groups excluding carboxylic acids is 4. The molecule has 41 heavy (non-hydrogen) atoms. The van der Waals surface area contributed by atoms with Gasteiger partial charge in [-0.05, 0) is 49.4 Å². The van der Waals surface area contributed by atoms with Gasteiger partial charge in [-0.25, -0.2) is 4.79 Å². The number of benzene rings is 2. The number of piperazine rings is 2. The predicted octanol–water partition coefficient (Wildman–Crippen LogP) is 2.36. The van der Waals surface area contributed by atoms with Crippen LogP contribution in [0.4, 0.5) is 24.5 Å². The minimum absolute atomic E-state index is 0.0250. The molecule has 0 aliphatic carbocycles. The minimum atomic E-state index is -4.42. The lowest BCUT2D eigenvalue weighted by Crippen LogP contribution is -2.60. The van der Waals surface area contributed by atoms with Gasteiger partial charge in [0.1, 0.15) is 6.04 Å². The van der Waals surface area contributed by atoms with E-state index in [1.54, 1.807) is 25.1 Å². The zero-order valence-corrected chi connectivity index (χ0v) is 22.6. The Bertz CT molecular complexity index is 1260. The van der Waals surface area contributed by atoms with Crippen LogP contribution in [0.2, 0.25) is 0 Å². The molecule has 2 aromatic carbocycles. The lowest BCUT2D eigenvalue weighted by atomic mass is 10.1. The molecule has 0 spiro atoms. The standard InChI is InChI=1S/C28H32F3N5O5/c1-2-41-27(40)19-6-8-21(9-7-19)33-24(37)17-23-26(39)32-10-11-36(23)25(38)18-34-12-14-35(15-13-34)22-5-3-4-20(16-22)28(29,30)31/h3-9,16,23H,2,10-15,17-18H2,1H3,(H,32,39)(H,33,37)/t23-/m1/s1. The third-order valence-corrected chi connectivity index (χ3v) is 6.98. The molecule has 220 valence electrons. The molecule has 2 aliphatic heterocycles. The molecule has 2 saturated heterocycles. The molecule has 2 aromatic rings. The van der Waals surface area contributed by atoms with Gasteiger partial charge in [-0.3, -0.25) is 19.3 Å². The second-order valence-electron chi connectivity index (χ2n) is 9.76. The first-order chi connectivity index (χ1) is 19.5. The van der Waals surface area contributed by atoms with Crippen LogP contribution in [0.25, 0.3) is 0 Å². The molecular weight excluding hydrogens is 543 g/mol. The van der Waals surface area contributed by atoms with Gasteiger partial charge in [0, 0.05) is 50.6 Å². The van der Waals surface area contributed by atoms with Crippen LogP contribution in [0.3, 0.4) is 0 Å². The van der Waals surface area contributed by atoms with Gasteiger partial charge < -0.3 is 25.2 Å². The third kappa shape index (κ3) is 7.75. The van der Waals surface area contributed by atoms with Crippen molar-refractivity contribution in [3.8, 4) is 0 Å². The predicted molar refractivity (Wildman–Crippen MR) is 144 cm³/mol.